The molecule has 1 N–H and O–H groups in total. The molecule has 2 nitrogen and oxygen atoms in total. The van der Waals surface area contributed by atoms with E-state index in [0.29, 0.717) is 0 Å². The third kappa shape index (κ3) is 4.63. The fourth-order valence-electron chi connectivity index (χ4n) is 2.42. The number of hydrogen-bond acceptors (Lipinski definition) is 3. The number of nitrogens with zero attached hydrogens (tertiary/aromatic N) is 1. The second kappa shape index (κ2) is 6.60. The van der Waals surface area contributed by atoms with E-state index in [4.69, 9.17) is 0 Å². The van der Waals surface area contributed by atoms with Gasteiger partial charge in [-0.1, -0.05) is 18.2 Å². The van der Waals surface area contributed by atoms with Crippen LogP contribution in [-0.4, -0.2) is 42.4 Å². The molecule has 100 valence electrons. The van der Waals surface area contributed by atoms with Crippen LogP contribution in [0.25, 0.3) is 0 Å². The van der Waals surface area contributed by atoms with Crippen LogP contribution in [0.5, 0.6) is 0 Å². The second-order valence-electron chi connectivity index (χ2n) is 5.60. The van der Waals surface area contributed by atoms with Gasteiger partial charge in [0.05, 0.1) is 0 Å². The van der Waals surface area contributed by atoms with Crippen molar-refractivity contribution >= 4 is 11.8 Å². The molecular weight excluding hydrogens is 240 g/mol. The van der Waals surface area contributed by atoms with Gasteiger partial charge in [-0.15, -0.1) is 11.8 Å². The van der Waals surface area contributed by atoms with E-state index in [2.05, 4.69) is 54.4 Å². The van der Waals surface area contributed by atoms with E-state index in [0.717, 1.165) is 13.1 Å². The fraction of sp³-hybridized carbons (Fsp3) is 0.600. The molecule has 0 atom stereocenters. The Morgan fingerprint density at radius 3 is 2.83 bits per heavy atom. The van der Waals surface area contributed by atoms with E-state index in [1.165, 1.54) is 30.2 Å². The predicted molar refractivity (Wildman–Crippen MR) is 80.3 cm³/mol. The number of rotatable bonds is 4. The molecule has 0 spiro atoms. The lowest BCUT2D eigenvalue weighted by Crippen LogP contribution is -2.46. The van der Waals surface area contributed by atoms with Gasteiger partial charge in [-0.05, 0) is 45.5 Å². The van der Waals surface area contributed by atoms with Crippen molar-refractivity contribution in [1.29, 1.82) is 0 Å². The van der Waals surface area contributed by atoms with Crippen LogP contribution < -0.4 is 5.32 Å². The van der Waals surface area contributed by atoms with Crippen molar-refractivity contribution in [3.63, 3.8) is 0 Å². The van der Waals surface area contributed by atoms with Crippen LogP contribution in [0.1, 0.15) is 20.3 Å². The van der Waals surface area contributed by atoms with E-state index in [1.807, 2.05) is 11.8 Å². The summed E-state index contributed by atoms with van der Waals surface area (Å²) in [7, 11) is 0. The second-order valence-corrected chi connectivity index (χ2v) is 6.77. The number of nitrogens with one attached hydrogen (secondary N) is 1. The molecule has 0 aliphatic carbocycles. The van der Waals surface area contributed by atoms with Crippen LogP contribution in [0.4, 0.5) is 0 Å². The van der Waals surface area contributed by atoms with Gasteiger partial charge in [0.25, 0.3) is 0 Å². The smallest absolute Gasteiger partial charge is 0.0252 e. The maximum absolute atomic E-state index is 3.61. The molecule has 1 fully saturated rings. The summed E-state index contributed by atoms with van der Waals surface area (Å²) in [6.45, 7) is 9.32. The van der Waals surface area contributed by atoms with Gasteiger partial charge in [-0.3, -0.25) is 0 Å². The monoisotopic (exact) mass is 264 g/mol. The van der Waals surface area contributed by atoms with E-state index < -0.39 is 0 Å². The molecule has 3 heteroatoms. The Bertz CT molecular complexity index is 351. The highest BCUT2D eigenvalue weighted by Crippen LogP contribution is 2.18. The van der Waals surface area contributed by atoms with Gasteiger partial charge in [0.2, 0.25) is 0 Å². The maximum Gasteiger partial charge on any atom is 0.0252 e. The lowest BCUT2D eigenvalue weighted by atomic mass is 10.1. The minimum absolute atomic E-state index is 0.258. The molecule has 0 amide bonds. The molecule has 0 aromatic heterocycles. The molecule has 1 aromatic rings. The zero-order chi connectivity index (χ0) is 12.8. The van der Waals surface area contributed by atoms with Crippen LogP contribution in [0.3, 0.4) is 0 Å². The van der Waals surface area contributed by atoms with Crippen molar-refractivity contribution in [3.8, 4) is 0 Å². The van der Waals surface area contributed by atoms with Crippen molar-refractivity contribution in [1.82, 2.24) is 10.2 Å². The van der Waals surface area contributed by atoms with E-state index in [9.17, 15) is 0 Å². The number of hydrogen-bond donors (Lipinski definition) is 1. The molecule has 1 aliphatic rings. The van der Waals surface area contributed by atoms with Crippen LogP contribution >= 0.6 is 11.8 Å². The molecule has 18 heavy (non-hydrogen) atoms. The van der Waals surface area contributed by atoms with Gasteiger partial charge in [0, 0.05) is 29.3 Å². The molecular formula is C15H24N2S. The first-order chi connectivity index (χ1) is 8.66. The first-order valence-corrected chi connectivity index (χ1v) is 7.79. The Balaban J connectivity index is 1.76. The minimum atomic E-state index is 0.258. The predicted octanol–water partition coefficient (Wildman–Crippen LogP) is 2.85. The van der Waals surface area contributed by atoms with Crippen molar-refractivity contribution in [2.24, 2.45) is 0 Å². The molecule has 0 saturated carbocycles. The van der Waals surface area contributed by atoms with Crippen molar-refractivity contribution in [2.75, 3.05) is 31.9 Å². The molecule has 1 saturated heterocycles. The summed E-state index contributed by atoms with van der Waals surface area (Å²) < 4.78 is 0. The highest BCUT2D eigenvalue weighted by atomic mass is 32.2. The summed E-state index contributed by atoms with van der Waals surface area (Å²) in [6.07, 6.45) is 1.26. The quantitative estimate of drug-likeness (QED) is 0.842. The van der Waals surface area contributed by atoms with Gasteiger partial charge >= 0.3 is 0 Å². The molecule has 1 aromatic carbocycles. The molecule has 1 aliphatic heterocycles. The summed E-state index contributed by atoms with van der Waals surface area (Å²) in [4.78, 5) is 3.97. The Kier molecular flexibility index (Phi) is 5.10. The van der Waals surface area contributed by atoms with E-state index in [-0.39, 0.29) is 5.54 Å². The summed E-state index contributed by atoms with van der Waals surface area (Å²) in [5.74, 6) is 1.18. The van der Waals surface area contributed by atoms with Crippen molar-refractivity contribution in [3.05, 3.63) is 30.3 Å². The van der Waals surface area contributed by atoms with Crippen LogP contribution in [0.2, 0.25) is 0 Å². The first kappa shape index (κ1) is 13.9. The summed E-state index contributed by atoms with van der Waals surface area (Å²) in [5.41, 5.74) is 0.258. The molecule has 1 heterocycles. The molecule has 0 bridgehead atoms. The normalized spacial score (nSPS) is 20.6. The lowest BCUT2D eigenvalue weighted by molar-refractivity contribution is 0.243. The van der Waals surface area contributed by atoms with Gasteiger partial charge in [0.15, 0.2) is 0 Å². The van der Waals surface area contributed by atoms with Gasteiger partial charge < -0.3 is 10.2 Å². The van der Waals surface area contributed by atoms with Gasteiger partial charge in [-0.2, -0.15) is 0 Å². The lowest BCUT2D eigenvalue weighted by Gasteiger charge is -2.29. The van der Waals surface area contributed by atoms with Crippen LogP contribution in [-0.2, 0) is 0 Å². The molecule has 0 unspecified atom stereocenters. The van der Waals surface area contributed by atoms with Crippen LogP contribution in [0.15, 0.2) is 35.2 Å². The largest absolute Gasteiger partial charge is 0.310 e. The Morgan fingerprint density at radius 1 is 1.28 bits per heavy atom. The van der Waals surface area contributed by atoms with Crippen LogP contribution in [0, 0.1) is 0 Å². The Hall–Kier alpha value is -0.510. The molecule has 2 rings (SSSR count). The Labute approximate surface area is 115 Å². The summed E-state index contributed by atoms with van der Waals surface area (Å²) in [5, 5.41) is 3.61. The van der Waals surface area contributed by atoms with Gasteiger partial charge in [0.1, 0.15) is 0 Å². The van der Waals surface area contributed by atoms with Gasteiger partial charge in [-0.25, -0.2) is 0 Å². The van der Waals surface area contributed by atoms with E-state index in [1.54, 1.807) is 0 Å². The summed E-state index contributed by atoms with van der Waals surface area (Å²) >= 11 is 1.96. The fourth-order valence-corrected chi connectivity index (χ4v) is 3.36. The average molecular weight is 264 g/mol. The first-order valence-electron chi connectivity index (χ1n) is 6.81. The third-order valence-electron chi connectivity index (χ3n) is 3.29. The van der Waals surface area contributed by atoms with Crippen molar-refractivity contribution < 1.29 is 0 Å². The molecule has 0 radical (unpaired) electrons. The number of thioether (sulfide) groups is 1. The number of benzene rings is 1. The SMILES string of the molecule is CC1(C)CN(CCSc2ccccc2)CCCN1. The highest BCUT2D eigenvalue weighted by Gasteiger charge is 2.23. The highest BCUT2D eigenvalue weighted by molar-refractivity contribution is 7.99. The zero-order valence-electron chi connectivity index (χ0n) is 11.5. The average Bonchev–Trinajstić information content (AvgIpc) is 2.51. The Morgan fingerprint density at radius 2 is 2.06 bits per heavy atom. The zero-order valence-corrected chi connectivity index (χ0v) is 12.3. The van der Waals surface area contributed by atoms with E-state index >= 15 is 0 Å². The topological polar surface area (TPSA) is 15.3 Å². The van der Waals surface area contributed by atoms with Crippen molar-refractivity contribution in [2.45, 2.75) is 30.7 Å². The standard InChI is InChI=1S/C15H24N2S/c1-15(2)13-17(10-6-9-16-15)11-12-18-14-7-4-3-5-8-14/h3-5,7-8,16H,6,9-13H2,1-2H3. The third-order valence-corrected chi connectivity index (χ3v) is 4.29. The minimum Gasteiger partial charge on any atom is -0.310 e. The summed E-state index contributed by atoms with van der Waals surface area (Å²) in [6, 6.07) is 10.7. The maximum atomic E-state index is 3.61.